The van der Waals surface area contributed by atoms with Crippen LogP contribution in [0.1, 0.15) is 45.7 Å². The molecule has 0 atom stereocenters. The summed E-state index contributed by atoms with van der Waals surface area (Å²) in [6, 6.07) is 36.3. The molecule has 0 heterocycles. The minimum atomic E-state index is -0.426. The molecule has 6 aromatic carbocycles. The van der Waals surface area contributed by atoms with E-state index in [9.17, 15) is 29.9 Å². The summed E-state index contributed by atoms with van der Waals surface area (Å²) in [7, 11) is 0. The Morgan fingerprint density at radius 3 is 1.41 bits per heavy atom. The van der Waals surface area contributed by atoms with Crippen LogP contribution in [-0.2, 0) is 13.1 Å². The number of nitro groups is 1. The maximum Gasteiger partial charge on any atom is 0.269 e. The lowest BCUT2D eigenvalue weighted by Gasteiger charge is -2.13. The van der Waals surface area contributed by atoms with Crippen molar-refractivity contribution in [1.29, 1.82) is 0 Å². The number of carbonyl (C=O) groups is 2. The topological polar surface area (TPSA) is 142 Å². The Labute approximate surface area is 347 Å². The van der Waals surface area contributed by atoms with Crippen molar-refractivity contribution in [2.24, 2.45) is 0 Å². The summed E-state index contributed by atoms with van der Waals surface area (Å²) in [6.07, 6.45) is 0. The number of halogens is 3. The Kier molecular flexibility index (Phi) is 14.7. The molecule has 0 aliphatic heterocycles. The first-order valence-corrected chi connectivity index (χ1v) is 19.6. The minimum Gasteiger partial charge on any atom is -0.506 e. The summed E-state index contributed by atoms with van der Waals surface area (Å²) in [4.78, 5) is 37.8. The number of ketones is 2. The van der Waals surface area contributed by atoms with Crippen LogP contribution in [0.25, 0.3) is 0 Å². The SMILES string of the molecule is CC(=O)c1cc(NCc2ccccc2Sc2ccc(Cl)cc2)cc(Cl)c1O.CC(=O)c1cc(NCc2ccccc2Sc2ccc([N+](=O)[O-])cc2)cc(Cl)c1O. The maximum absolute atomic E-state index is 11.7. The predicted octanol–water partition coefficient (Wildman–Crippen LogP) is 12.6. The monoisotopic (exact) mass is 845 g/mol. The minimum absolute atomic E-state index is 0.0507. The van der Waals surface area contributed by atoms with Crippen LogP contribution in [0.15, 0.2) is 141 Å². The summed E-state index contributed by atoms with van der Waals surface area (Å²) < 4.78 is 0. The highest BCUT2D eigenvalue weighted by Gasteiger charge is 2.15. The fraction of sp³-hybridized carbons (Fsp3) is 0.0952. The number of non-ortho nitro benzene ring substituents is 1. The second-order valence-electron chi connectivity index (χ2n) is 12.2. The molecule has 56 heavy (non-hydrogen) atoms. The van der Waals surface area contributed by atoms with E-state index >= 15 is 0 Å². The van der Waals surface area contributed by atoms with Crippen molar-refractivity contribution < 1.29 is 24.7 Å². The van der Waals surface area contributed by atoms with E-state index in [2.05, 4.69) is 16.7 Å². The van der Waals surface area contributed by atoms with Crippen molar-refractivity contribution in [3.63, 3.8) is 0 Å². The highest BCUT2D eigenvalue weighted by atomic mass is 35.5. The third-order valence-electron chi connectivity index (χ3n) is 8.11. The van der Waals surface area contributed by atoms with Gasteiger partial charge in [-0.15, -0.1) is 0 Å². The van der Waals surface area contributed by atoms with Gasteiger partial charge in [0.2, 0.25) is 0 Å². The Balaban J connectivity index is 0.000000215. The molecule has 6 rings (SSSR count). The van der Waals surface area contributed by atoms with E-state index in [0.29, 0.717) is 29.5 Å². The molecule has 0 spiro atoms. The van der Waals surface area contributed by atoms with Gasteiger partial charge in [-0.25, -0.2) is 0 Å². The molecular weight excluding hydrogens is 813 g/mol. The summed E-state index contributed by atoms with van der Waals surface area (Å²) >= 11 is 21.2. The number of Topliss-reactive ketones (excluding diaryl/α,β-unsaturated/α-hetero) is 2. The number of benzene rings is 6. The maximum atomic E-state index is 11.7. The predicted molar refractivity (Wildman–Crippen MR) is 227 cm³/mol. The quantitative estimate of drug-likeness (QED) is 0.0384. The average Bonchev–Trinajstić information content (AvgIpc) is 3.17. The molecule has 0 amide bonds. The Bertz CT molecular complexity index is 2380. The molecule has 0 aromatic heterocycles. The van der Waals surface area contributed by atoms with E-state index in [1.165, 1.54) is 37.7 Å². The fourth-order valence-corrected chi connectivity index (χ4v) is 7.68. The zero-order valence-corrected chi connectivity index (χ0v) is 33.8. The molecule has 0 fully saturated rings. The summed E-state index contributed by atoms with van der Waals surface area (Å²) in [5.74, 6) is -0.925. The van der Waals surface area contributed by atoms with Crippen molar-refractivity contribution in [3.05, 3.63) is 169 Å². The van der Waals surface area contributed by atoms with Crippen molar-refractivity contribution in [2.45, 2.75) is 46.5 Å². The molecule has 4 N–H and O–H groups in total. The molecule has 0 saturated heterocycles. The highest BCUT2D eigenvalue weighted by molar-refractivity contribution is 7.99. The zero-order chi connectivity index (χ0) is 40.4. The molecule has 14 heteroatoms. The second kappa shape index (κ2) is 19.6. The van der Waals surface area contributed by atoms with Crippen LogP contribution in [0.3, 0.4) is 0 Å². The van der Waals surface area contributed by atoms with Crippen LogP contribution in [-0.4, -0.2) is 26.7 Å². The van der Waals surface area contributed by atoms with Gasteiger partial charge >= 0.3 is 0 Å². The molecule has 9 nitrogen and oxygen atoms in total. The molecule has 0 bridgehead atoms. The van der Waals surface area contributed by atoms with Crippen LogP contribution < -0.4 is 10.6 Å². The van der Waals surface area contributed by atoms with Crippen LogP contribution in [0, 0.1) is 10.1 Å². The summed E-state index contributed by atoms with van der Waals surface area (Å²) in [5.41, 5.74) is 3.81. The lowest BCUT2D eigenvalue weighted by Crippen LogP contribution is -2.03. The van der Waals surface area contributed by atoms with Crippen molar-refractivity contribution in [2.75, 3.05) is 10.6 Å². The van der Waals surface area contributed by atoms with Gasteiger partial charge in [-0.3, -0.25) is 19.7 Å². The zero-order valence-electron chi connectivity index (χ0n) is 29.9. The molecule has 286 valence electrons. The van der Waals surface area contributed by atoms with Gasteiger partial charge in [0.05, 0.1) is 26.1 Å². The first-order chi connectivity index (χ1) is 26.8. The Morgan fingerprint density at radius 1 is 0.625 bits per heavy atom. The number of hydrogen-bond donors (Lipinski definition) is 4. The lowest BCUT2D eigenvalue weighted by atomic mass is 10.1. The van der Waals surface area contributed by atoms with Gasteiger partial charge < -0.3 is 20.8 Å². The van der Waals surface area contributed by atoms with Crippen molar-refractivity contribution in [1.82, 2.24) is 0 Å². The number of phenolic OH excluding ortho intramolecular Hbond substituents is 2. The molecule has 0 unspecified atom stereocenters. The van der Waals surface area contributed by atoms with E-state index in [-0.39, 0.29) is 49.9 Å². The van der Waals surface area contributed by atoms with Gasteiger partial charge in [0.1, 0.15) is 11.5 Å². The smallest absolute Gasteiger partial charge is 0.269 e. The molecule has 0 aliphatic carbocycles. The number of phenols is 2. The third kappa shape index (κ3) is 11.4. The standard InChI is InChI=1S/C21H17Cl2NO2S.C21H17ClN2O4S/c1-13(25)18-10-16(11-19(23)21(18)26)24-12-14-4-2-3-5-20(14)27-17-8-6-15(22)7-9-17;1-13(25)18-10-15(11-19(22)21(18)26)23-12-14-4-2-3-5-20(14)29-17-8-6-16(7-9-17)24(27)28/h2-11,24,26H,12H2,1H3;2-11,23,26H,12H2,1H3. The van der Waals surface area contributed by atoms with Crippen LogP contribution in [0.5, 0.6) is 11.5 Å². The lowest BCUT2D eigenvalue weighted by molar-refractivity contribution is -0.384. The number of hydrogen-bond acceptors (Lipinski definition) is 10. The van der Waals surface area contributed by atoms with Crippen LogP contribution in [0.2, 0.25) is 15.1 Å². The third-order valence-corrected chi connectivity index (χ3v) is 11.2. The van der Waals surface area contributed by atoms with Gasteiger partial charge in [0.15, 0.2) is 11.6 Å². The van der Waals surface area contributed by atoms with E-state index in [1.54, 1.807) is 48.2 Å². The number of nitro benzene ring substituents is 1. The van der Waals surface area contributed by atoms with Gasteiger partial charge in [-0.2, -0.15) is 0 Å². The van der Waals surface area contributed by atoms with E-state index < -0.39 is 4.92 Å². The van der Waals surface area contributed by atoms with Gasteiger partial charge in [-0.05, 0) is 97.8 Å². The van der Waals surface area contributed by atoms with E-state index in [1.807, 2.05) is 66.7 Å². The Hall–Kier alpha value is -5.17. The number of carbonyl (C=O) groups excluding carboxylic acids is 2. The van der Waals surface area contributed by atoms with E-state index in [4.69, 9.17) is 34.8 Å². The normalized spacial score (nSPS) is 10.6. The molecular formula is C42H34Cl3N3O6S2. The van der Waals surface area contributed by atoms with Gasteiger partial charge in [0, 0.05) is 61.2 Å². The Morgan fingerprint density at radius 2 is 1.02 bits per heavy atom. The average molecular weight is 847 g/mol. The van der Waals surface area contributed by atoms with E-state index in [0.717, 1.165) is 30.7 Å². The number of anilines is 2. The molecule has 6 aromatic rings. The number of rotatable bonds is 13. The first kappa shape index (κ1) is 42.0. The largest absolute Gasteiger partial charge is 0.506 e. The summed E-state index contributed by atoms with van der Waals surface area (Å²) in [5, 5.41) is 38.1. The van der Waals surface area contributed by atoms with Crippen LogP contribution >= 0.6 is 58.3 Å². The van der Waals surface area contributed by atoms with Gasteiger partial charge in [-0.1, -0.05) is 94.7 Å². The molecule has 0 saturated carbocycles. The fourth-order valence-electron chi connectivity index (χ4n) is 5.22. The van der Waals surface area contributed by atoms with Gasteiger partial charge in [0.25, 0.3) is 5.69 Å². The molecule has 0 radical (unpaired) electrons. The summed E-state index contributed by atoms with van der Waals surface area (Å²) in [6.45, 7) is 3.78. The number of nitrogens with one attached hydrogen (secondary N) is 2. The highest BCUT2D eigenvalue weighted by Crippen LogP contribution is 2.36. The van der Waals surface area contributed by atoms with Crippen molar-refractivity contribution in [3.8, 4) is 11.5 Å². The van der Waals surface area contributed by atoms with Crippen LogP contribution in [0.4, 0.5) is 17.1 Å². The number of aromatic hydroxyl groups is 2. The number of nitrogens with zero attached hydrogens (tertiary/aromatic N) is 1. The molecule has 0 aliphatic rings. The van der Waals surface area contributed by atoms with Crippen molar-refractivity contribution >= 4 is 87.0 Å². The first-order valence-electron chi connectivity index (χ1n) is 16.8. The second-order valence-corrected chi connectivity index (χ2v) is 15.6.